The van der Waals surface area contributed by atoms with Gasteiger partial charge in [0.15, 0.2) is 0 Å². The lowest BCUT2D eigenvalue weighted by Gasteiger charge is -2.07. The summed E-state index contributed by atoms with van der Waals surface area (Å²) in [5.74, 6) is -0.0589. The van der Waals surface area contributed by atoms with Crippen LogP contribution in [0.5, 0.6) is 0 Å². The average molecular weight is 450 g/mol. The number of sulfonamides is 1. The largest absolute Gasteiger partial charge is 0.285 e. The normalized spacial score (nSPS) is 12.1. The van der Waals surface area contributed by atoms with E-state index in [1.807, 2.05) is 36.7 Å². The number of halogens is 1. The molecule has 0 aromatic carbocycles. The van der Waals surface area contributed by atoms with E-state index in [1.54, 1.807) is 24.0 Å². The number of pyridine rings is 1. The molecular formula is C20H24ClN5O3S. The van der Waals surface area contributed by atoms with Crippen molar-refractivity contribution in [1.82, 2.24) is 24.1 Å². The molecule has 3 aromatic rings. The molecule has 0 atom stereocenters. The summed E-state index contributed by atoms with van der Waals surface area (Å²) in [7, 11) is -1.86. The second-order valence-corrected chi connectivity index (χ2v) is 9.30. The van der Waals surface area contributed by atoms with E-state index in [2.05, 4.69) is 14.8 Å². The number of aryl methyl sites for hydroxylation is 2. The summed E-state index contributed by atoms with van der Waals surface area (Å²) in [5.41, 5.74) is 2.07. The van der Waals surface area contributed by atoms with E-state index in [0.717, 1.165) is 18.2 Å². The lowest BCUT2D eigenvalue weighted by Crippen LogP contribution is -2.31. The minimum absolute atomic E-state index is 0.0683. The number of aromatic nitrogens is 4. The minimum atomic E-state index is -3.65. The van der Waals surface area contributed by atoms with Crippen molar-refractivity contribution in [2.75, 3.05) is 5.75 Å². The van der Waals surface area contributed by atoms with Gasteiger partial charge in [0.1, 0.15) is 11.5 Å². The Balaban J connectivity index is 1.88. The van der Waals surface area contributed by atoms with Crippen LogP contribution in [-0.4, -0.2) is 39.4 Å². The maximum Gasteiger partial charge on any atom is 0.257 e. The smallest absolute Gasteiger partial charge is 0.257 e. The standard InChI is InChI=1S/C20H24ClN5O3S/c1-4-5-6-11-30(28,29)24-18(27)8-7-17-14(2)23-25(3)20(17)26-10-9-15-12-16(21)13-22-19(15)26/h7-10,12-13H,4-6,11H2,1-3H3,(H,24,27). The Hall–Kier alpha value is -2.65. The Morgan fingerprint density at radius 2 is 2.10 bits per heavy atom. The van der Waals surface area contributed by atoms with Crippen LogP contribution < -0.4 is 4.72 Å². The van der Waals surface area contributed by atoms with Crippen LogP contribution in [0.1, 0.15) is 37.4 Å². The second-order valence-electron chi connectivity index (χ2n) is 7.02. The zero-order chi connectivity index (χ0) is 21.9. The van der Waals surface area contributed by atoms with E-state index in [9.17, 15) is 13.2 Å². The monoisotopic (exact) mass is 449 g/mol. The van der Waals surface area contributed by atoms with Gasteiger partial charge in [0.2, 0.25) is 10.0 Å². The van der Waals surface area contributed by atoms with Gasteiger partial charge in [-0.05, 0) is 31.6 Å². The van der Waals surface area contributed by atoms with Crippen LogP contribution in [0.3, 0.4) is 0 Å². The van der Waals surface area contributed by atoms with Crippen molar-refractivity contribution in [3.05, 3.63) is 46.9 Å². The molecule has 0 aliphatic carbocycles. The van der Waals surface area contributed by atoms with Gasteiger partial charge < -0.3 is 0 Å². The number of carbonyl (C=O) groups is 1. The molecule has 1 N–H and O–H groups in total. The molecular weight excluding hydrogens is 426 g/mol. The first-order valence-electron chi connectivity index (χ1n) is 9.61. The third-order valence-corrected chi connectivity index (χ3v) is 6.18. The highest BCUT2D eigenvalue weighted by Crippen LogP contribution is 2.25. The molecule has 10 heteroatoms. The lowest BCUT2D eigenvalue weighted by molar-refractivity contribution is -0.114. The molecule has 0 unspecified atom stereocenters. The topological polar surface area (TPSA) is 98.9 Å². The van der Waals surface area contributed by atoms with Crippen molar-refractivity contribution in [3.63, 3.8) is 0 Å². The fourth-order valence-electron chi connectivity index (χ4n) is 3.25. The van der Waals surface area contributed by atoms with Crippen molar-refractivity contribution in [3.8, 4) is 5.82 Å². The fraction of sp³-hybridized carbons (Fsp3) is 0.350. The van der Waals surface area contributed by atoms with E-state index in [0.29, 0.717) is 34.2 Å². The fourth-order valence-corrected chi connectivity index (χ4v) is 4.48. The summed E-state index contributed by atoms with van der Waals surface area (Å²) < 4.78 is 29.7. The number of fused-ring (bicyclic) bond motifs is 1. The maximum absolute atomic E-state index is 12.2. The molecule has 0 fully saturated rings. The highest BCUT2D eigenvalue weighted by atomic mass is 35.5. The van der Waals surface area contributed by atoms with Crippen LogP contribution in [0, 0.1) is 6.92 Å². The Morgan fingerprint density at radius 1 is 1.33 bits per heavy atom. The molecule has 3 aromatic heterocycles. The third kappa shape index (κ3) is 4.91. The first-order chi connectivity index (χ1) is 14.2. The van der Waals surface area contributed by atoms with Gasteiger partial charge in [0.05, 0.1) is 16.5 Å². The molecule has 0 saturated heterocycles. The summed E-state index contributed by atoms with van der Waals surface area (Å²) in [6.07, 6.45) is 8.41. The number of nitrogens with zero attached hydrogens (tertiary/aromatic N) is 4. The zero-order valence-corrected chi connectivity index (χ0v) is 18.7. The molecule has 0 spiro atoms. The molecule has 0 radical (unpaired) electrons. The molecule has 30 heavy (non-hydrogen) atoms. The molecule has 1 amide bonds. The van der Waals surface area contributed by atoms with Gasteiger partial charge in [-0.1, -0.05) is 31.4 Å². The Morgan fingerprint density at radius 3 is 2.83 bits per heavy atom. The number of rotatable bonds is 8. The van der Waals surface area contributed by atoms with Crippen molar-refractivity contribution in [2.24, 2.45) is 7.05 Å². The predicted molar refractivity (Wildman–Crippen MR) is 118 cm³/mol. The van der Waals surface area contributed by atoms with E-state index in [1.165, 1.54) is 6.08 Å². The minimum Gasteiger partial charge on any atom is -0.285 e. The SMILES string of the molecule is CCCCCS(=O)(=O)NC(=O)C=Cc1c(C)nn(C)c1-n1ccc2cc(Cl)cnc21. The molecule has 0 aliphatic heterocycles. The number of nitrogens with one attached hydrogen (secondary N) is 1. The summed E-state index contributed by atoms with van der Waals surface area (Å²) in [6.45, 7) is 3.80. The number of unbranched alkanes of at least 4 members (excludes halogenated alkanes) is 2. The first-order valence-corrected chi connectivity index (χ1v) is 11.6. The quantitative estimate of drug-likeness (QED) is 0.420. The molecule has 0 aliphatic rings. The third-order valence-electron chi connectivity index (χ3n) is 4.63. The first kappa shape index (κ1) is 22.0. The number of hydrogen-bond acceptors (Lipinski definition) is 5. The lowest BCUT2D eigenvalue weighted by atomic mass is 10.2. The molecule has 0 saturated carbocycles. The van der Waals surface area contributed by atoms with Gasteiger partial charge in [-0.3, -0.25) is 14.0 Å². The summed E-state index contributed by atoms with van der Waals surface area (Å²) in [6, 6.07) is 3.70. The number of carbonyl (C=O) groups excluding carboxylic acids is 1. The van der Waals surface area contributed by atoms with Gasteiger partial charge in [-0.15, -0.1) is 0 Å². The second kappa shape index (κ2) is 9.01. The summed E-state index contributed by atoms with van der Waals surface area (Å²) >= 11 is 6.02. The van der Waals surface area contributed by atoms with Crippen LogP contribution in [-0.2, 0) is 21.9 Å². The highest BCUT2D eigenvalue weighted by molar-refractivity contribution is 7.90. The predicted octanol–water partition coefficient (Wildman–Crippen LogP) is 3.37. The average Bonchev–Trinajstić information content (AvgIpc) is 3.18. The Kier molecular flexibility index (Phi) is 6.62. The number of hydrogen-bond donors (Lipinski definition) is 1. The van der Waals surface area contributed by atoms with Gasteiger partial charge in [-0.25, -0.2) is 18.1 Å². The van der Waals surface area contributed by atoms with Crippen molar-refractivity contribution in [1.29, 1.82) is 0 Å². The van der Waals surface area contributed by atoms with Crippen molar-refractivity contribution < 1.29 is 13.2 Å². The summed E-state index contributed by atoms with van der Waals surface area (Å²) in [4.78, 5) is 16.6. The van der Waals surface area contributed by atoms with Crippen LogP contribution in [0.2, 0.25) is 5.02 Å². The van der Waals surface area contributed by atoms with Gasteiger partial charge in [0, 0.05) is 36.5 Å². The Labute approximate surface area is 180 Å². The van der Waals surface area contributed by atoms with Crippen LogP contribution in [0.4, 0.5) is 0 Å². The van der Waals surface area contributed by atoms with Gasteiger partial charge in [0.25, 0.3) is 5.91 Å². The summed E-state index contributed by atoms with van der Waals surface area (Å²) in [5, 5.41) is 5.84. The van der Waals surface area contributed by atoms with Gasteiger partial charge in [-0.2, -0.15) is 5.10 Å². The van der Waals surface area contributed by atoms with Crippen LogP contribution in [0.15, 0.2) is 30.6 Å². The zero-order valence-electron chi connectivity index (χ0n) is 17.1. The van der Waals surface area contributed by atoms with Crippen LogP contribution >= 0.6 is 11.6 Å². The molecule has 160 valence electrons. The van der Waals surface area contributed by atoms with Crippen molar-refractivity contribution >= 4 is 44.6 Å². The van der Waals surface area contributed by atoms with Crippen molar-refractivity contribution in [2.45, 2.75) is 33.1 Å². The van der Waals surface area contributed by atoms with Gasteiger partial charge >= 0.3 is 0 Å². The number of amides is 1. The molecule has 8 nitrogen and oxygen atoms in total. The highest BCUT2D eigenvalue weighted by Gasteiger charge is 2.17. The molecule has 0 bridgehead atoms. The molecule has 3 heterocycles. The Bertz CT molecular complexity index is 1210. The maximum atomic E-state index is 12.2. The van der Waals surface area contributed by atoms with E-state index < -0.39 is 15.9 Å². The van der Waals surface area contributed by atoms with E-state index >= 15 is 0 Å². The van der Waals surface area contributed by atoms with Crippen LogP contribution in [0.25, 0.3) is 22.9 Å². The van der Waals surface area contributed by atoms with E-state index in [4.69, 9.17) is 11.6 Å². The molecule has 3 rings (SSSR count). The van der Waals surface area contributed by atoms with E-state index in [-0.39, 0.29) is 5.75 Å².